The third-order valence-electron chi connectivity index (χ3n) is 4.20. The molecule has 1 aliphatic rings. The molecule has 0 aromatic carbocycles. The number of nitrogens with zero attached hydrogens (tertiary/aromatic N) is 4. The maximum absolute atomic E-state index is 12.2. The van der Waals surface area contributed by atoms with Gasteiger partial charge in [0.05, 0.1) is 6.04 Å². The summed E-state index contributed by atoms with van der Waals surface area (Å²) in [5.74, 6) is 0.938. The molecule has 1 aromatic rings. The van der Waals surface area contributed by atoms with Crippen LogP contribution >= 0.6 is 0 Å². The molecule has 0 unspecified atom stereocenters. The number of carbonyl (C=O) groups excluding carboxylic acids is 1. The molecule has 1 N–H and O–H groups in total. The van der Waals surface area contributed by atoms with E-state index in [1.54, 1.807) is 6.33 Å². The molecule has 2 heterocycles. The van der Waals surface area contributed by atoms with E-state index in [4.69, 9.17) is 0 Å². The van der Waals surface area contributed by atoms with Crippen molar-refractivity contribution in [2.45, 2.75) is 65.0 Å². The van der Waals surface area contributed by atoms with Crippen molar-refractivity contribution in [3.63, 3.8) is 0 Å². The zero-order valence-corrected chi connectivity index (χ0v) is 13.9. The van der Waals surface area contributed by atoms with Crippen LogP contribution in [0.25, 0.3) is 0 Å². The number of aryl methyl sites for hydroxylation is 1. The highest BCUT2D eigenvalue weighted by Gasteiger charge is 2.16. The van der Waals surface area contributed by atoms with Crippen molar-refractivity contribution in [2.75, 3.05) is 19.6 Å². The van der Waals surface area contributed by atoms with Crippen molar-refractivity contribution in [3.8, 4) is 0 Å². The van der Waals surface area contributed by atoms with Gasteiger partial charge in [-0.2, -0.15) is 5.10 Å². The molecular weight excluding hydrogens is 278 g/mol. The van der Waals surface area contributed by atoms with Crippen molar-refractivity contribution >= 4 is 5.91 Å². The molecule has 1 saturated heterocycles. The van der Waals surface area contributed by atoms with E-state index in [2.05, 4.69) is 27.2 Å². The van der Waals surface area contributed by atoms with Gasteiger partial charge in [0, 0.05) is 19.5 Å². The zero-order valence-electron chi connectivity index (χ0n) is 13.9. The standard InChI is InChI=1S/C16H29N5O/c1-3-9-21-16(17-13-18-21)14(2)19-15(22)8-12-20-10-6-4-5-7-11-20/h13-14H,3-12H2,1-2H3,(H,19,22)/t14-/m1/s1. The third kappa shape index (κ3) is 5.09. The van der Waals surface area contributed by atoms with Gasteiger partial charge in [-0.3, -0.25) is 4.79 Å². The Morgan fingerprint density at radius 3 is 2.68 bits per heavy atom. The normalized spacial score (nSPS) is 17.9. The largest absolute Gasteiger partial charge is 0.346 e. The monoisotopic (exact) mass is 307 g/mol. The molecule has 0 bridgehead atoms. The van der Waals surface area contributed by atoms with Crippen molar-refractivity contribution in [1.29, 1.82) is 0 Å². The number of hydrogen-bond acceptors (Lipinski definition) is 4. The molecule has 6 nitrogen and oxygen atoms in total. The summed E-state index contributed by atoms with van der Waals surface area (Å²) in [7, 11) is 0. The molecule has 1 aromatic heterocycles. The van der Waals surface area contributed by atoms with E-state index in [1.807, 2.05) is 11.6 Å². The number of carbonyl (C=O) groups is 1. The Hall–Kier alpha value is -1.43. The molecule has 1 fully saturated rings. The van der Waals surface area contributed by atoms with E-state index in [9.17, 15) is 4.79 Å². The highest BCUT2D eigenvalue weighted by atomic mass is 16.1. The summed E-state index contributed by atoms with van der Waals surface area (Å²) < 4.78 is 1.87. The van der Waals surface area contributed by atoms with E-state index < -0.39 is 0 Å². The lowest BCUT2D eigenvalue weighted by molar-refractivity contribution is -0.122. The van der Waals surface area contributed by atoms with Crippen LogP contribution in [-0.2, 0) is 11.3 Å². The minimum absolute atomic E-state index is 0.0920. The summed E-state index contributed by atoms with van der Waals surface area (Å²) in [6.45, 7) is 8.04. The topological polar surface area (TPSA) is 63.1 Å². The SMILES string of the molecule is CCCn1ncnc1[C@@H](C)NC(=O)CCN1CCCCCC1. The number of nitrogens with one attached hydrogen (secondary N) is 1. The number of likely N-dealkylation sites (tertiary alicyclic amines) is 1. The van der Waals surface area contributed by atoms with Crippen molar-refractivity contribution in [1.82, 2.24) is 25.0 Å². The van der Waals surface area contributed by atoms with Gasteiger partial charge in [0.25, 0.3) is 0 Å². The molecule has 1 atom stereocenters. The van der Waals surface area contributed by atoms with E-state index in [0.29, 0.717) is 6.42 Å². The summed E-state index contributed by atoms with van der Waals surface area (Å²) in [6.07, 6.45) is 8.30. The molecule has 0 radical (unpaired) electrons. The summed E-state index contributed by atoms with van der Waals surface area (Å²) in [5.41, 5.74) is 0. The Bertz CT molecular complexity index is 451. The average Bonchev–Trinajstić information content (AvgIpc) is 2.81. The average molecular weight is 307 g/mol. The molecule has 0 spiro atoms. The summed E-state index contributed by atoms with van der Waals surface area (Å²) in [6, 6.07) is -0.0920. The second kappa shape index (κ2) is 8.88. The van der Waals surface area contributed by atoms with Gasteiger partial charge < -0.3 is 10.2 Å². The van der Waals surface area contributed by atoms with E-state index in [0.717, 1.165) is 38.4 Å². The van der Waals surface area contributed by atoms with Crippen LogP contribution < -0.4 is 5.32 Å². The van der Waals surface area contributed by atoms with Gasteiger partial charge in [-0.1, -0.05) is 19.8 Å². The zero-order chi connectivity index (χ0) is 15.8. The second-order valence-electron chi connectivity index (χ2n) is 6.14. The fourth-order valence-corrected chi connectivity index (χ4v) is 2.99. The van der Waals surface area contributed by atoms with Gasteiger partial charge in [0.2, 0.25) is 5.91 Å². The van der Waals surface area contributed by atoms with Crippen LogP contribution in [0.3, 0.4) is 0 Å². The first kappa shape index (κ1) is 16.9. The molecule has 0 aliphatic carbocycles. The Morgan fingerprint density at radius 2 is 2.00 bits per heavy atom. The van der Waals surface area contributed by atoms with E-state index in [-0.39, 0.29) is 11.9 Å². The lowest BCUT2D eigenvalue weighted by Gasteiger charge is -2.20. The molecule has 6 heteroatoms. The van der Waals surface area contributed by atoms with Gasteiger partial charge in [0.15, 0.2) is 0 Å². The molecule has 2 rings (SSSR count). The van der Waals surface area contributed by atoms with Crippen LogP contribution in [0.1, 0.15) is 64.2 Å². The molecule has 1 aliphatic heterocycles. The molecule has 1 amide bonds. The lowest BCUT2D eigenvalue weighted by Crippen LogP contribution is -2.33. The van der Waals surface area contributed by atoms with Crippen LogP contribution in [0.4, 0.5) is 0 Å². The third-order valence-corrected chi connectivity index (χ3v) is 4.20. The summed E-state index contributed by atoms with van der Waals surface area (Å²) in [4.78, 5) is 18.8. The smallest absolute Gasteiger partial charge is 0.221 e. The van der Waals surface area contributed by atoms with Gasteiger partial charge in [-0.15, -0.1) is 0 Å². The first-order chi connectivity index (χ1) is 10.7. The van der Waals surface area contributed by atoms with E-state index >= 15 is 0 Å². The fourth-order valence-electron chi connectivity index (χ4n) is 2.99. The van der Waals surface area contributed by atoms with Crippen LogP contribution in [0.5, 0.6) is 0 Å². The predicted octanol–water partition coefficient (Wildman–Crippen LogP) is 2.13. The van der Waals surface area contributed by atoms with Crippen molar-refractivity contribution in [3.05, 3.63) is 12.2 Å². The van der Waals surface area contributed by atoms with Crippen LogP contribution in [-0.4, -0.2) is 45.2 Å². The Kier molecular flexibility index (Phi) is 6.83. The highest BCUT2D eigenvalue weighted by molar-refractivity contribution is 5.76. The Balaban J connectivity index is 1.77. The van der Waals surface area contributed by atoms with Crippen molar-refractivity contribution < 1.29 is 4.79 Å². The Labute approximate surface area is 133 Å². The van der Waals surface area contributed by atoms with Gasteiger partial charge in [-0.25, -0.2) is 9.67 Å². The fraction of sp³-hybridized carbons (Fsp3) is 0.812. The van der Waals surface area contributed by atoms with E-state index in [1.165, 1.54) is 25.7 Å². The minimum Gasteiger partial charge on any atom is -0.346 e. The maximum Gasteiger partial charge on any atom is 0.221 e. The molecule has 22 heavy (non-hydrogen) atoms. The first-order valence-electron chi connectivity index (χ1n) is 8.60. The predicted molar refractivity (Wildman–Crippen MR) is 86.4 cm³/mol. The number of hydrogen-bond donors (Lipinski definition) is 1. The number of aromatic nitrogens is 3. The summed E-state index contributed by atoms with van der Waals surface area (Å²) >= 11 is 0. The summed E-state index contributed by atoms with van der Waals surface area (Å²) in [5, 5.41) is 7.26. The quantitative estimate of drug-likeness (QED) is 0.838. The van der Waals surface area contributed by atoms with Gasteiger partial charge in [-0.05, 0) is 39.3 Å². The number of rotatable bonds is 7. The Morgan fingerprint density at radius 1 is 1.27 bits per heavy atom. The highest BCUT2D eigenvalue weighted by Crippen LogP contribution is 2.11. The minimum atomic E-state index is -0.0920. The van der Waals surface area contributed by atoms with Gasteiger partial charge in [0.1, 0.15) is 12.2 Å². The molecule has 0 saturated carbocycles. The molecule has 124 valence electrons. The van der Waals surface area contributed by atoms with Gasteiger partial charge >= 0.3 is 0 Å². The van der Waals surface area contributed by atoms with Crippen LogP contribution in [0.2, 0.25) is 0 Å². The molecular formula is C16H29N5O. The number of amides is 1. The van der Waals surface area contributed by atoms with Crippen molar-refractivity contribution in [2.24, 2.45) is 0 Å². The second-order valence-corrected chi connectivity index (χ2v) is 6.14. The first-order valence-corrected chi connectivity index (χ1v) is 8.60. The maximum atomic E-state index is 12.2. The van der Waals surface area contributed by atoms with Crippen LogP contribution in [0, 0.1) is 0 Å². The lowest BCUT2D eigenvalue weighted by atomic mass is 10.2. The van der Waals surface area contributed by atoms with Crippen LogP contribution in [0.15, 0.2) is 6.33 Å².